The topological polar surface area (TPSA) is 42.2 Å². The van der Waals surface area contributed by atoms with Gasteiger partial charge in [0.25, 0.3) is 0 Å². The number of nitrogens with two attached hydrogens (primary N) is 1. The number of hydrogen-bond donors (Lipinski definition) is 1. The number of rotatable bonds is 4. The van der Waals surface area contributed by atoms with E-state index in [1.807, 2.05) is 12.1 Å². The summed E-state index contributed by atoms with van der Waals surface area (Å²) < 4.78 is 0. The number of pyridine rings is 1. The van der Waals surface area contributed by atoms with Crippen LogP contribution >= 0.6 is 11.6 Å². The molecule has 0 saturated carbocycles. The van der Waals surface area contributed by atoms with Gasteiger partial charge in [-0.15, -0.1) is 0 Å². The Hall–Kier alpha value is -0.800. The average Bonchev–Trinajstić information content (AvgIpc) is 2.22. The van der Waals surface area contributed by atoms with Gasteiger partial charge >= 0.3 is 0 Å². The van der Waals surface area contributed by atoms with Gasteiger partial charge in [-0.05, 0) is 26.0 Å². The molecule has 1 aromatic rings. The minimum absolute atomic E-state index is 0.450. The summed E-state index contributed by atoms with van der Waals surface area (Å²) in [6.07, 6.45) is 0. The van der Waals surface area contributed by atoms with Crippen LogP contribution in [0.5, 0.6) is 0 Å². The molecule has 0 aromatic carbocycles. The summed E-state index contributed by atoms with van der Waals surface area (Å²) in [7, 11) is 0. The highest BCUT2D eigenvalue weighted by molar-refractivity contribution is 6.32. The summed E-state index contributed by atoms with van der Waals surface area (Å²) in [5.74, 6) is 0.833. The lowest BCUT2D eigenvalue weighted by molar-refractivity contribution is 0.835. The number of nitrogens with zero attached hydrogens (tertiary/aromatic N) is 2. The first-order chi connectivity index (χ1) is 6.72. The molecule has 78 valence electrons. The quantitative estimate of drug-likeness (QED) is 0.833. The van der Waals surface area contributed by atoms with Crippen molar-refractivity contribution in [2.75, 3.05) is 18.0 Å². The summed E-state index contributed by atoms with van der Waals surface area (Å²) in [5, 5.41) is 0.686. The van der Waals surface area contributed by atoms with Crippen LogP contribution in [0.15, 0.2) is 12.1 Å². The van der Waals surface area contributed by atoms with E-state index in [-0.39, 0.29) is 0 Å². The number of aromatic nitrogens is 1. The van der Waals surface area contributed by atoms with Crippen molar-refractivity contribution >= 4 is 17.4 Å². The van der Waals surface area contributed by atoms with Gasteiger partial charge in [0.15, 0.2) is 0 Å². The third-order valence-electron chi connectivity index (χ3n) is 2.16. The Morgan fingerprint density at radius 3 is 2.50 bits per heavy atom. The van der Waals surface area contributed by atoms with E-state index < -0.39 is 0 Å². The third-order valence-corrected chi connectivity index (χ3v) is 2.45. The van der Waals surface area contributed by atoms with Gasteiger partial charge < -0.3 is 10.6 Å². The summed E-state index contributed by atoms with van der Waals surface area (Å²) in [4.78, 5) is 6.51. The first-order valence-electron chi connectivity index (χ1n) is 4.83. The maximum Gasteiger partial charge on any atom is 0.147 e. The molecular formula is C10H16ClN3. The fourth-order valence-electron chi connectivity index (χ4n) is 1.33. The lowest BCUT2D eigenvalue weighted by Crippen LogP contribution is -2.23. The molecule has 0 aliphatic rings. The van der Waals surface area contributed by atoms with Crippen LogP contribution < -0.4 is 10.6 Å². The van der Waals surface area contributed by atoms with Gasteiger partial charge in [0.2, 0.25) is 0 Å². The maximum absolute atomic E-state index is 6.06. The predicted molar refractivity (Wildman–Crippen MR) is 60.7 cm³/mol. The standard InChI is InChI=1S/C10H16ClN3/c1-3-14(4-2)10-9(11)6-5-8(7-12)13-10/h5-6H,3-4,7,12H2,1-2H3. The van der Waals surface area contributed by atoms with E-state index in [1.54, 1.807) is 0 Å². The fraction of sp³-hybridized carbons (Fsp3) is 0.500. The Morgan fingerprint density at radius 2 is 2.00 bits per heavy atom. The Bertz CT molecular complexity index is 297. The largest absolute Gasteiger partial charge is 0.356 e. The van der Waals surface area contributed by atoms with Crippen molar-refractivity contribution in [2.24, 2.45) is 5.73 Å². The molecule has 0 aliphatic carbocycles. The van der Waals surface area contributed by atoms with E-state index in [2.05, 4.69) is 23.7 Å². The van der Waals surface area contributed by atoms with Crippen molar-refractivity contribution in [3.63, 3.8) is 0 Å². The molecule has 0 amide bonds. The van der Waals surface area contributed by atoms with E-state index in [1.165, 1.54) is 0 Å². The second kappa shape index (κ2) is 5.17. The van der Waals surface area contributed by atoms with Crippen LogP contribution in [0.4, 0.5) is 5.82 Å². The Balaban J connectivity index is 3.04. The minimum Gasteiger partial charge on any atom is -0.356 e. The summed E-state index contributed by atoms with van der Waals surface area (Å²) in [6.45, 7) is 6.41. The first-order valence-corrected chi connectivity index (χ1v) is 5.21. The molecule has 1 rings (SSSR count). The zero-order valence-corrected chi connectivity index (χ0v) is 9.38. The van der Waals surface area contributed by atoms with Gasteiger partial charge in [-0.25, -0.2) is 4.98 Å². The molecule has 0 spiro atoms. The molecule has 0 atom stereocenters. The Kier molecular flexibility index (Phi) is 4.17. The van der Waals surface area contributed by atoms with Crippen molar-refractivity contribution in [3.8, 4) is 0 Å². The molecule has 0 unspecified atom stereocenters. The van der Waals surface area contributed by atoms with Crippen molar-refractivity contribution in [3.05, 3.63) is 22.8 Å². The predicted octanol–water partition coefficient (Wildman–Crippen LogP) is 2.04. The molecule has 14 heavy (non-hydrogen) atoms. The molecule has 2 N–H and O–H groups in total. The lowest BCUT2D eigenvalue weighted by Gasteiger charge is -2.21. The molecule has 4 heteroatoms. The van der Waals surface area contributed by atoms with E-state index >= 15 is 0 Å². The van der Waals surface area contributed by atoms with Crippen LogP contribution in [-0.2, 0) is 6.54 Å². The van der Waals surface area contributed by atoms with Gasteiger partial charge in [0, 0.05) is 19.6 Å². The van der Waals surface area contributed by atoms with Gasteiger partial charge in [-0.2, -0.15) is 0 Å². The normalized spacial score (nSPS) is 10.3. The van der Waals surface area contributed by atoms with Gasteiger partial charge in [-0.3, -0.25) is 0 Å². The second-order valence-electron chi connectivity index (χ2n) is 2.98. The maximum atomic E-state index is 6.06. The Morgan fingerprint density at radius 1 is 1.36 bits per heavy atom. The zero-order valence-electron chi connectivity index (χ0n) is 8.63. The van der Waals surface area contributed by atoms with Gasteiger partial charge in [0.05, 0.1) is 10.7 Å². The van der Waals surface area contributed by atoms with Gasteiger partial charge in [-0.1, -0.05) is 11.6 Å². The van der Waals surface area contributed by atoms with Crippen LogP contribution in [-0.4, -0.2) is 18.1 Å². The van der Waals surface area contributed by atoms with Crippen molar-refractivity contribution in [1.82, 2.24) is 4.98 Å². The Labute approximate surface area is 89.9 Å². The SMILES string of the molecule is CCN(CC)c1nc(CN)ccc1Cl. The number of anilines is 1. The summed E-state index contributed by atoms with van der Waals surface area (Å²) in [5.41, 5.74) is 6.40. The van der Waals surface area contributed by atoms with E-state index in [0.29, 0.717) is 11.6 Å². The fourth-order valence-corrected chi connectivity index (χ4v) is 1.55. The molecule has 0 radical (unpaired) electrons. The van der Waals surface area contributed by atoms with Gasteiger partial charge in [0.1, 0.15) is 5.82 Å². The molecule has 0 fully saturated rings. The van der Waals surface area contributed by atoms with Crippen LogP contribution in [0, 0.1) is 0 Å². The molecule has 1 heterocycles. The summed E-state index contributed by atoms with van der Waals surface area (Å²) in [6, 6.07) is 3.71. The van der Waals surface area contributed by atoms with E-state index in [0.717, 1.165) is 24.6 Å². The molecule has 3 nitrogen and oxygen atoms in total. The molecule has 0 bridgehead atoms. The van der Waals surface area contributed by atoms with Crippen LogP contribution in [0.2, 0.25) is 5.02 Å². The van der Waals surface area contributed by atoms with E-state index in [9.17, 15) is 0 Å². The molecule has 1 aromatic heterocycles. The second-order valence-corrected chi connectivity index (χ2v) is 3.39. The zero-order chi connectivity index (χ0) is 10.6. The smallest absolute Gasteiger partial charge is 0.147 e. The number of hydrogen-bond acceptors (Lipinski definition) is 3. The van der Waals surface area contributed by atoms with Crippen LogP contribution in [0.3, 0.4) is 0 Å². The van der Waals surface area contributed by atoms with Crippen molar-refractivity contribution < 1.29 is 0 Å². The highest BCUT2D eigenvalue weighted by atomic mass is 35.5. The molecule has 0 saturated heterocycles. The lowest BCUT2D eigenvalue weighted by atomic mass is 10.3. The van der Waals surface area contributed by atoms with Crippen molar-refractivity contribution in [1.29, 1.82) is 0 Å². The highest BCUT2D eigenvalue weighted by Crippen LogP contribution is 2.23. The molecular weight excluding hydrogens is 198 g/mol. The van der Waals surface area contributed by atoms with Crippen LogP contribution in [0.1, 0.15) is 19.5 Å². The minimum atomic E-state index is 0.450. The monoisotopic (exact) mass is 213 g/mol. The third kappa shape index (κ3) is 2.36. The average molecular weight is 214 g/mol. The van der Waals surface area contributed by atoms with E-state index in [4.69, 9.17) is 17.3 Å². The highest BCUT2D eigenvalue weighted by Gasteiger charge is 2.08. The summed E-state index contributed by atoms with van der Waals surface area (Å²) >= 11 is 6.06. The number of halogens is 1. The first kappa shape index (κ1) is 11.3. The van der Waals surface area contributed by atoms with Crippen molar-refractivity contribution in [2.45, 2.75) is 20.4 Å². The van der Waals surface area contributed by atoms with Crippen LogP contribution in [0.25, 0.3) is 0 Å². The molecule has 0 aliphatic heterocycles.